The predicted octanol–water partition coefficient (Wildman–Crippen LogP) is 6.66. The first-order valence-electron chi connectivity index (χ1n) is 11.5. The van der Waals surface area contributed by atoms with Crippen LogP contribution in [0.5, 0.6) is 0 Å². The number of thioether (sulfide) groups is 2. The van der Waals surface area contributed by atoms with Crippen LogP contribution >= 0.6 is 23.5 Å². The molecule has 0 radical (unpaired) electrons. The predicted molar refractivity (Wildman–Crippen MR) is 145 cm³/mol. The molecule has 4 N–H and O–H groups in total. The maximum absolute atomic E-state index is 12.7. The van der Waals surface area contributed by atoms with E-state index in [9.17, 15) is 9.59 Å². The van der Waals surface area contributed by atoms with E-state index in [2.05, 4.69) is 42.0 Å². The minimum absolute atomic E-state index is 0.0283. The van der Waals surface area contributed by atoms with Gasteiger partial charge in [0, 0.05) is 33.8 Å². The van der Waals surface area contributed by atoms with Crippen LogP contribution in [0.2, 0.25) is 0 Å². The molecule has 2 aromatic rings. The minimum atomic E-state index is -0.209. The summed E-state index contributed by atoms with van der Waals surface area (Å²) in [7, 11) is 0. The summed E-state index contributed by atoms with van der Waals surface area (Å²) in [6, 6.07) is 15.2. The molecular formula is C26H36N4O2S2. The zero-order valence-electron chi connectivity index (χ0n) is 20.7. The lowest BCUT2D eigenvalue weighted by Gasteiger charge is -2.46. The van der Waals surface area contributed by atoms with Gasteiger partial charge >= 0.3 is 12.1 Å². The summed E-state index contributed by atoms with van der Waals surface area (Å²) in [5, 5.41) is 12.1. The number of anilines is 2. The highest BCUT2D eigenvalue weighted by Crippen LogP contribution is 2.45. The standard InChI is InChI=1S/C26H36N4O2S2/c1-25(2)14-20(30-24(32)29-19-9-7-11-22(13-19)34-5)15-26(3,16-25)17-27-23(31)28-18-8-6-10-21(12-18)33-4/h6-13,20H,14-17H2,1-5H3,(H2,27,28,31)(H2,29,30,32)/t20-,26-/m0/s1. The van der Waals surface area contributed by atoms with Crippen LogP contribution in [0.15, 0.2) is 58.3 Å². The third kappa shape index (κ3) is 7.87. The summed E-state index contributed by atoms with van der Waals surface area (Å²) in [6.45, 7) is 7.19. The van der Waals surface area contributed by atoms with Crippen LogP contribution in [0.3, 0.4) is 0 Å². The number of amides is 4. The topological polar surface area (TPSA) is 82.3 Å². The van der Waals surface area contributed by atoms with Gasteiger partial charge in [-0.05, 0) is 79.0 Å². The average Bonchev–Trinajstić information content (AvgIpc) is 2.76. The largest absolute Gasteiger partial charge is 0.337 e. The molecule has 0 heterocycles. The summed E-state index contributed by atoms with van der Waals surface area (Å²) in [6.07, 6.45) is 6.69. The number of hydrogen-bond donors (Lipinski definition) is 4. The quantitative estimate of drug-likeness (QED) is 0.321. The molecule has 0 saturated heterocycles. The van der Waals surface area contributed by atoms with E-state index in [4.69, 9.17) is 0 Å². The number of rotatable bonds is 7. The Hall–Kier alpha value is -2.32. The van der Waals surface area contributed by atoms with E-state index >= 15 is 0 Å². The molecular weight excluding hydrogens is 464 g/mol. The molecule has 6 nitrogen and oxygen atoms in total. The van der Waals surface area contributed by atoms with Crippen molar-refractivity contribution in [3.8, 4) is 0 Å². The number of hydrogen-bond acceptors (Lipinski definition) is 4. The Morgan fingerprint density at radius 3 is 2.00 bits per heavy atom. The second-order valence-electron chi connectivity index (χ2n) is 10.1. The second kappa shape index (κ2) is 11.4. The van der Waals surface area contributed by atoms with Crippen LogP contribution in [0.4, 0.5) is 21.0 Å². The lowest BCUT2D eigenvalue weighted by molar-refractivity contribution is 0.0761. The molecule has 0 unspecified atom stereocenters. The molecule has 3 rings (SSSR count). The van der Waals surface area contributed by atoms with E-state index in [1.54, 1.807) is 23.5 Å². The molecule has 1 fully saturated rings. The summed E-state index contributed by atoms with van der Waals surface area (Å²) >= 11 is 3.28. The number of benzene rings is 2. The monoisotopic (exact) mass is 500 g/mol. The molecule has 2 atom stereocenters. The van der Waals surface area contributed by atoms with Crippen LogP contribution in [-0.4, -0.2) is 37.2 Å². The SMILES string of the molecule is CSc1cccc(NC(=O)NC[C@@]2(C)C[C@@H](NC(=O)Nc3cccc(SC)c3)CC(C)(C)C2)c1. The molecule has 1 saturated carbocycles. The highest BCUT2D eigenvalue weighted by Gasteiger charge is 2.41. The molecule has 0 aliphatic heterocycles. The molecule has 0 bridgehead atoms. The van der Waals surface area contributed by atoms with Crippen molar-refractivity contribution < 1.29 is 9.59 Å². The van der Waals surface area contributed by atoms with Gasteiger partial charge in [0.1, 0.15) is 0 Å². The number of carbonyl (C=O) groups is 2. The van der Waals surface area contributed by atoms with Gasteiger partial charge in [0.15, 0.2) is 0 Å². The Morgan fingerprint density at radius 1 is 0.882 bits per heavy atom. The molecule has 34 heavy (non-hydrogen) atoms. The van der Waals surface area contributed by atoms with Crippen molar-refractivity contribution in [2.45, 2.75) is 55.9 Å². The maximum atomic E-state index is 12.7. The molecule has 4 amide bonds. The zero-order valence-corrected chi connectivity index (χ0v) is 22.3. The number of carbonyl (C=O) groups excluding carboxylic acids is 2. The summed E-state index contributed by atoms with van der Waals surface area (Å²) in [5.41, 5.74) is 1.48. The molecule has 8 heteroatoms. The van der Waals surface area contributed by atoms with Gasteiger partial charge in [0.2, 0.25) is 0 Å². The van der Waals surface area contributed by atoms with Gasteiger partial charge in [-0.2, -0.15) is 0 Å². The van der Waals surface area contributed by atoms with Gasteiger partial charge < -0.3 is 21.3 Å². The van der Waals surface area contributed by atoms with Crippen molar-refractivity contribution in [1.29, 1.82) is 0 Å². The summed E-state index contributed by atoms with van der Waals surface area (Å²) in [5.74, 6) is 0. The fourth-order valence-corrected chi connectivity index (χ4v) is 6.01. The van der Waals surface area contributed by atoms with Crippen molar-refractivity contribution in [1.82, 2.24) is 10.6 Å². The van der Waals surface area contributed by atoms with Crippen LogP contribution < -0.4 is 21.3 Å². The lowest BCUT2D eigenvalue weighted by Crippen LogP contribution is -2.51. The van der Waals surface area contributed by atoms with Gasteiger partial charge in [-0.1, -0.05) is 32.9 Å². The number of nitrogens with one attached hydrogen (secondary N) is 4. The fourth-order valence-electron chi connectivity index (χ4n) is 5.09. The molecule has 0 aromatic heterocycles. The smallest absolute Gasteiger partial charge is 0.319 e. The van der Waals surface area contributed by atoms with Gasteiger partial charge in [-0.25, -0.2) is 9.59 Å². The first kappa shape index (κ1) is 26.3. The number of urea groups is 2. The maximum Gasteiger partial charge on any atom is 0.319 e. The van der Waals surface area contributed by atoms with Gasteiger partial charge in [0.25, 0.3) is 0 Å². The van der Waals surface area contributed by atoms with Gasteiger partial charge in [0.05, 0.1) is 0 Å². The third-order valence-corrected chi connectivity index (χ3v) is 7.56. The van der Waals surface area contributed by atoms with Crippen LogP contribution in [0.1, 0.15) is 40.0 Å². The summed E-state index contributed by atoms with van der Waals surface area (Å²) in [4.78, 5) is 27.5. The van der Waals surface area contributed by atoms with E-state index < -0.39 is 0 Å². The van der Waals surface area contributed by atoms with Crippen LogP contribution in [-0.2, 0) is 0 Å². The highest BCUT2D eigenvalue weighted by atomic mass is 32.2. The van der Waals surface area contributed by atoms with Crippen molar-refractivity contribution in [2.24, 2.45) is 10.8 Å². The zero-order chi connectivity index (χ0) is 24.8. The molecule has 2 aromatic carbocycles. The van der Waals surface area contributed by atoms with Crippen molar-refractivity contribution in [3.63, 3.8) is 0 Å². The average molecular weight is 501 g/mol. The van der Waals surface area contributed by atoms with Crippen molar-refractivity contribution in [2.75, 3.05) is 29.7 Å². The Morgan fingerprint density at radius 2 is 1.44 bits per heavy atom. The molecule has 1 aliphatic rings. The Kier molecular flexibility index (Phi) is 8.82. The van der Waals surface area contributed by atoms with Gasteiger partial charge in [-0.3, -0.25) is 0 Å². The van der Waals surface area contributed by atoms with Crippen molar-refractivity contribution >= 4 is 47.0 Å². The normalized spacial score (nSPS) is 21.4. The van der Waals surface area contributed by atoms with Crippen molar-refractivity contribution in [3.05, 3.63) is 48.5 Å². The van der Waals surface area contributed by atoms with E-state index in [-0.39, 0.29) is 28.9 Å². The second-order valence-corrected chi connectivity index (χ2v) is 11.9. The Labute approximate surface area is 211 Å². The van der Waals surface area contributed by atoms with Crippen LogP contribution in [0.25, 0.3) is 0 Å². The lowest BCUT2D eigenvalue weighted by atomic mass is 9.62. The third-order valence-electron chi connectivity index (χ3n) is 6.11. The van der Waals surface area contributed by atoms with E-state index in [1.165, 1.54) is 0 Å². The minimum Gasteiger partial charge on any atom is -0.337 e. The Bertz CT molecular complexity index is 1010. The molecule has 1 aliphatic carbocycles. The molecule has 0 spiro atoms. The van der Waals surface area contributed by atoms with E-state index in [0.717, 1.165) is 40.4 Å². The first-order chi connectivity index (χ1) is 16.1. The van der Waals surface area contributed by atoms with Gasteiger partial charge in [-0.15, -0.1) is 23.5 Å². The first-order valence-corrected chi connectivity index (χ1v) is 14.0. The van der Waals surface area contributed by atoms with Crippen LogP contribution in [0, 0.1) is 10.8 Å². The van der Waals surface area contributed by atoms with E-state index in [1.807, 2.05) is 61.0 Å². The highest BCUT2D eigenvalue weighted by molar-refractivity contribution is 7.98. The fraction of sp³-hybridized carbons (Fsp3) is 0.462. The molecule has 184 valence electrons. The summed E-state index contributed by atoms with van der Waals surface area (Å²) < 4.78 is 0. The van der Waals surface area contributed by atoms with E-state index in [0.29, 0.717) is 6.54 Å². The Balaban J connectivity index is 1.57.